The third-order valence-electron chi connectivity index (χ3n) is 4.79. The Morgan fingerprint density at radius 2 is 1.87 bits per heavy atom. The monoisotopic (exact) mass is 474 g/mol. The second-order valence-corrected chi connectivity index (χ2v) is 7.92. The van der Waals surface area contributed by atoms with Crippen LogP contribution < -0.4 is 10.6 Å². The van der Waals surface area contributed by atoms with E-state index in [2.05, 4.69) is 36.5 Å². The van der Waals surface area contributed by atoms with Crippen molar-refractivity contribution in [2.24, 2.45) is 0 Å². The molecule has 0 fully saturated rings. The molecule has 6 nitrogen and oxygen atoms in total. The number of aromatic nitrogens is 2. The molecule has 7 heteroatoms. The summed E-state index contributed by atoms with van der Waals surface area (Å²) in [6, 6.07) is 18.4. The topological polar surface area (TPSA) is 84.0 Å². The molecule has 2 N–H and O–H groups in total. The minimum Gasteiger partial charge on any atom is -0.343 e. The molecular weight excluding hydrogens is 456 g/mol. The van der Waals surface area contributed by atoms with Gasteiger partial charge in [0, 0.05) is 33.5 Å². The number of benzene rings is 2. The summed E-state index contributed by atoms with van der Waals surface area (Å²) in [6.45, 7) is 1.76. The molecule has 0 bridgehead atoms. The van der Waals surface area contributed by atoms with E-state index in [-0.39, 0.29) is 18.4 Å². The van der Waals surface area contributed by atoms with E-state index in [0.717, 1.165) is 21.0 Å². The molecule has 0 aliphatic heterocycles. The lowest BCUT2D eigenvalue weighted by Crippen LogP contribution is -2.33. The smallest absolute Gasteiger partial charge is 0.252 e. The molecule has 0 saturated heterocycles. The van der Waals surface area contributed by atoms with Gasteiger partial charge < -0.3 is 10.6 Å². The number of fused-ring (bicyclic) bond motifs is 1. The average Bonchev–Trinajstić information content (AvgIpc) is 2.79. The fraction of sp³-hybridized carbons (Fsp3) is 0.0833. The molecule has 2 aromatic carbocycles. The first-order valence-electron chi connectivity index (χ1n) is 9.65. The lowest BCUT2D eigenvalue weighted by molar-refractivity contribution is -0.115. The summed E-state index contributed by atoms with van der Waals surface area (Å²) < 4.78 is 0.935. The van der Waals surface area contributed by atoms with Crippen LogP contribution in [0.4, 0.5) is 5.69 Å². The van der Waals surface area contributed by atoms with Crippen LogP contribution >= 0.6 is 15.9 Å². The predicted molar refractivity (Wildman–Crippen MR) is 125 cm³/mol. The number of rotatable bonds is 5. The van der Waals surface area contributed by atoms with E-state index in [1.165, 1.54) is 0 Å². The van der Waals surface area contributed by atoms with Gasteiger partial charge in [-0.1, -0.05) is 34.1 Å². The van der Waals surface area contributed by atoms with E-state index in [0.29, 0.717) is 22.5 Å². The van der Waals surface area contributed by atoms with E-state index in [1.807, 2.05) is 61.5 Å². The zero-order valence-corrected chi connectivity index (χ0v) is 18.3. The number of nitrogens with zero attached hydrogens (tertiary/aromatic N) is 2. The molecule has 4 aromatic rings. The number of carbonyl (C=O) groups excluding carboxylic acids is 2. The number of pyridine rings is 2. The van der Waals surface area contributed by atoms with Crippen molar-refractivity contribution in [3.63, 3.8) is 0 Å². The molecule has 2 heterocycles. The predicted octanol–water partition coefficient (Wildman–Crippen LogP) is 4.74. The van der Waals surface area contributed by atoms with Crippen LogP contribution in [-0.4, -0.2) is 28.3 Å². The van der Waals surface area contributed by atoms with Crippen LogP contribution in [0.1, 0.15) is 15.9 Å². The second-order valence-electron chi connectivity index (χ2n) is 7.00. The van der Waals surface area contributed by atoms with Crippen molar-refractivity contribution in [1.29, 1.82) is 0 Å². The third kappa shape index (κ3) is 4.78. The zero-order chi connectivity index (χ0) is 21.8. The highest BCUT2D eigenvalue weighted by Gasteiger charge is 2.15. The molecule has 2 amide bonds. The van der Waals surface area contributed by atoms with Crippen LogP contribution in [0, 0.1) is 6.92 Å². The van der Waals surface area contributed by atoms with Crippen LogP contribution in [0.3, 0.4) is 0 Å². The number of para-hydroxylation sites is 1. The van der Waals surface area contributed by atoms with Crippen LogP contribution in [0.25, 0.3) is 22.2 Å². The Morgan fingerprint density at radius 3 is 2.65 bits per heavy atom. The fourth-order valence-electron chi connectivity index (χ4n) is 3.24. The molecule has 2 aromatic heterocycles. The molecule has 0 saturated carbocycles. The van der Waals surface area contributed by atoms with Gasteiger partial charge in [-0.2, -0.15) is 0 Å². The molecular formula is C24H19BrN4O2. The highest BCUT2D eigenvalue weighted by atomic mass is 79.9. The Balaban J connectivity index is 1.55. The average molecular weight is 475 g/mol. The first-order chi connectivity index (χ1) is 15.0. The zero-order valence-electron chi connectivity index (χ0n) is 16.7. The molecule has 0 aliphatic carbocycles. The minimum absolute atomic E-state index is 0.146. The first kappa shape index (κ1) is 20.7. The molecule has 0 aliphatic rings. The molecule has 0 spiro atoms. The molecule has 0 unspecified atom stereocenters. The number of anilines is 1. The molecule has 0 atom stereocenters. The van der Waals surface area contributed by atoms with E-state index < -0.39 is 0 Å². The SMILES string of the molecule is Cc1cc(Br)ccc1NC(=O)CNC(=O)c1cc(-c2cccnc2)nc2ccccc12. The summed E-state index contributed by atoms with van der Waals surface area (Å²) in [5.74, 6) is -0.643. The number of amides is 2. The van der Waals surface area contributed by atoms with Crippen LogP contribution in [0.15, 0.2) is 77.5 Å². The standard InChI is InChI=1S/C24H19BrN4O2/c1-15-11-17(25)8-9-20(15)29-23(30)14-27-24(31)19-12-22(16-5-4-10-26-13-16)28-21-7-3-2-6-18(19)21/h2-13H,14H2,1H3,(H,27,31)(H,29,30). The highest BCUT2D eigenvalue weighted by Crippen LogP contribution is 2.24. The summed E-state index contributed by atoms with van der Waals surface area (Å²) in [7, 11) is 0. The van der Waals surface area contributed by atoms with Crippen molar-refractivity contribution >= 4 is 44.3 Å². The van der Waals surface area contributed by atoms with Crippen molar-refractivity contribution in [3.8, 4) is 11.3 Å². The van der Waals surface area contributed by atoms with Gasteiger partial charge in [-0.3, -0.25) is 14.6 Å². The third-order valence-corrected chi connectivity index (χ3v) is 5.28. The Labute approximate surface area is 187 Å². The van der Waals surface area contributed by atoms with Crippen LogP contribution in [0.2, 0.25) is 0 Å². The molecule has 4 rings (SSSR count). The van der Waals surface area contributed by atoms with E-state index in [4.69, 9.17) is 0 Å². The summed E-state index contributed by atoms with van der Waals surface area (Å²) >= 11 is 3.40. The summed E-state index contributed by atoms with van der Waals surface area (Å²) in [5, 5.41) is 6.26. The molecule has 0 radical (unpaired) electrons. The maximum atomic E-state index is 13.0. The van der Waals surface area contributed by atoms with Gasteiger partial charge in [0.25, 0.3) is 5.91 Å². The maximum absolute atomic E-state index is 13.0. The molecule has 154 valence electrons. The summed E-state index contributed by atoms with van der Waals surface area (Å²) in [5.41, 5.74) is 4.24. The summed E-state index contributed by atoms with van der Waals surface area (Å²) in [6.07, 6.45) is 3.39. The van der Waals surface area contributed by atoms with E-state index >= 15 is 0 Å². The maximum Gasteiger partial charge on any atom is 0.252 e. The first-order valence-corrected chi connectivity index (χ1v) is 10.4. The summed E-state index contributed by atoms with van der Waals surface area (Å²) in [4.78, 5) is 34.1. The normalized spacial score (nSPS) is 10.6. The van der Waals surface area contributed by atoms with Crippen molar-refractivity contribution < 1.29 is 9.59 Å². The largest absolute Gasteiger partial charge is 0.343 e. The number of aryl methyl sites for hydroxylation is 1. The van der Waals surface area contributed by atoms with E-state index in [1.54, 1.807) is 18.5 Å². The number of nitrogens with one attached hydrogen (secondary N) is 2. The van der Waals surface area contributed by atoms with Gasteiger partial charge in [-0.25, -0.2) is 4.98 Å². The van der Waals surface area contributed by atoms with E-state index in [9.17, 15) is 9.59 Å². The Morgan fingerprint density at radius 1 is 1.03 bits per heavy atom. The Hall–Kier alpha value is -3.58. The number of halogens is 1. The number of hydrogen-bond acceptors (Lipinski definition) is 4. The van der Waals surface area contributed by atoms with Gasteiger partial charge in [0.15, 0.2) is 0 Å². The Bertz CT molecular complexity index is 1280. The van der Waals surface area contributed by atoms with Gasteiger partial charge in [0.2, 0.25) is 5.91 Å². The lowest BCUT2D eigenvalue weighted by Gasteiger charge is -2.12. The minimum atomic E-state index is -0.341. The van der Waals surface area contributed by atoms with Crippen molar-refractivity contribution in [2.75, 3.05) is 11.9 Å². The lowest BCUT2D eigenvalue weighted by atomic mass is 10.0. The second kappa shape index (κ2) is 9.06. The number of carbonyl (C=O) groups is 2. The van der Waals surface area contributed by atoms with Gasteiger partial charge in [0.05, 0.1) is 23.3 Å². The van der Waals surface area contributed by atoms with Gasteiger partial charge in [0.1, 0.15) is 0 Å². The Kier molecular flexibility index (Phi) is 6.04. The van der Waals surface area contributed by atoms with Crippen molar-refractivity contribution in [2.45, 2.75) is 6.92 Å². The van der Waals surface area contributed by atoms with Gasteiger partial charge in [-0.05, 0) is 55.0 Å². The number of hydrogen-bond donors (Lipinski definition) is 2. The van der Waals surface area contributed by atoms with Crippen LogP contribution in [0.5, 0.6) is 0 Å². The van der Waals surface area contributed by atoms with Gasteiger partial charge in [-0.15, -0.1) is 0 Å². The molecule has 31 heavy (non-hydrogen) atoms. The van der Waals surface area contributed by atoms with Crippen LogP contribution in [-0.2, 0) is 4.79 Å². The quantitative estimate of drug-likeness (QED) is 0.437. The fourth-order valence-corrected chi connectivity index (χ4v) is 3.72. The van der Waals surface area contributed by atoms with Gasteiger partial charge >= 0.3 is 0 Å². The highest BCUT2D eigenvalue weighted by molar-refractivity contribution is 9.10. The van der Waals surface area contributed by atoms with Crippen molar-refractivity contribution in [1.82, 2.24) is 15.3 Å². The van der Waals surface area contributed by atoms with Crippen molar-refractivity contribution in [3.05, 3.63) is 88.7 Å².